The molecule has 15 heavy (non-hydrogen) atoms. The van der Waals surface area contributed by atoms with Crippen molar-refractivity contribution in [2.24, 2.45) is 11.8 Å². The molecule has 0 spiro atoms. The molecule has 3 nitrogen and oxygen atoms in total. The van der Waals surface area contributed by atoms with Gasteiger partial charge in [0.05, 0.1) is 0 Å². The van der Waals surface area contributed by atoms with E-state index in [4.69, 9.17) is 4.74 Å². The maximum atomic E-state index is 11.4. The number of alkyl carbamates (subject to hydrolysis) is 1. The highest BCUT2D eigenvalue weighted by Gasteiger charge is 2.21. The lowest BCUT2D eigenvalue weighted by Gasteiger charge is -2.24. The molecule has 0 aliphatic heterocycles. The minimum atomic E-state index is -0.282. The van der Waals surface area contributed by atoms with Gasteiger partial charge < -0.3 is 10.1 Å². The average Bonchev–Trinajstić information content (AvgIpc) is 2.13. The van der Waals surface area contributed by atoms with Crippen LogP contribution in [0.25, 0.3) is 0 Å². The number of hydrogen-bond acceptors (Lipinski definition) is 2. The van der Waals surface area contributed by atoms with Crippen molar-refractivity contribution >= 4 is 6.09 Å². The maximum absolute atomic E-state index is 11.4. The zero-order chi connectivity index (χ0) is 11.8. The van der Waals surface area contributed by atoms with Gasteiger partial charge in [0.1, 0.15) is 6.10 Å². The molecule has 0 rings (SSSR count). The predicted octanol–water partition coefficient (Wildman–Crippen LogP) is 3.19. The Morgan fingerprint density at radius 3 is 2.13 bits per heavy atom. The van der Waals surface area contributed by atoms with E-state index in [0.717, 1.165) is 12.8 Å². The molecule has 0 aromatic carbocycles. The Balaban J connectivity index is 3.90. The molecule has 1 N–H and O–H groups in total. The lowest BCUT2D eigenvalue weighted by molar-refractivity contribution is 0.0424. The molecule has 0 saturated heterocycles. The van der Waals surface area contributed by atoms with Crippen LogP contribution >= 0.6 is 0 Å². The Kier molecular flexibility index (Phi) is 7.18. The van der Waals surface area contributed by atoms with Crippen molar-refractivity contribution in [3.8, 4) is 0 Å². The summed E-state index contributed by atoms with van der Waals surface area (Å²) in [4.78, 5) is 11.4. The number of carbonyl (C=O) groups excluding carboxylic acids is 1. The third kappa shape index (κ3) is 6.37. The van der Waals surface area contributed by atoms with Crippen molar-refractivity contribution < 1.29 is 9.53 Å². The summed E-state index contributed by atoms with van der Waals surface area (Å²) < 4.78 is 5.37. The van der Waals surface area contributed by atoms with Crippen molar-refractivity contribution in [1.29, 1.82) is 0 Å². The Bertz CT molecular complexity index is 170. The predicted molar refractivity (Wildman–Crippen MR) is 62.9 cm³/mol. The summed E-state index contributed by atoms with van der Waals surface area (Å²) in [6.07, 6.45) is 1.81. The van der Waals surface area contributed by atoms with Crippen molar-refractivity contribution in [1.82, 2.24) is 5.32 Å². The van der Waals surface area contributed by atoms with E-state index < -0.39 is 0 Å². The van der Waals surface area contributed by atoms with Crippen LogP contribution in [0.4, 0.5) is 4.79 Å². The van der Waals surface area contributed by atoms with Gasteiger partial charge in [-0.3, -0.25) is 0 Å². The quantitative estimate of drug-likeness (QED) is 0.691. The highest BCUT2D eigenvalue weighted by molar-refractivity contribution is 5.67. The van der Waals surface area contributed by atoms with Crippen molar-refractivity contribution in [3.63, 3.8) is 0 Å². The second kappa shape index (κ2) is 7.55. The van der Waals surface area contributed by atoms with E-state index >= 15 is 0 Å². The van der Waals surface area contributed by atoms with Gasteiger partial charge in [0.15, 0.2) is 0 Å². The number of carbonyl (C=O) groups is 1. The first-order valence-corrected chi connectivity index (χ1v) is 5.93. The third-order valence-electron chi connectivity index (χ3n) is 2.36. The van der Waals surface area contributed by atoms with Crippen LogP contribution in [0, 0.1) is 11.8 Å². The van der Waals surface area contributed by atoms with Crippen molar-refractivity contribution in [2.45, 2.75) is 53.6 Å². The van der Waals surface area contributed by atoms with Crippen LogP contribution in [0.2, 0.25) is 0 Å². The third-order valence-corrected chi connectivity index (χ3v) is 2.36. The molecular weight excluding hydrogens is 190 g/mol. The van der Waals surface area contributed by atoms with Gasteiger partial charge in [-0.2, -0.15) is 0 Å². The van der Waals surface area contributed by atoms with Crippen LogP contribution in [-0.2, 0) is 4.74 Å². The Labute approximate surface area is 93.6 Å². The first-order chi connectivity index (χ1) is 6.99. The number of nitrogens with one attached hydrogen (secondary N) is 1. The van der Waals surface area contributed by atoms with Crippen LogP contribution < -0.4 is 5.32 Å². The maximum Gasteiger partial charge on any atom is 0.407 e. The summed E-state index contributed by atoms with van der Waals surface area (Å²) in [5, 5.41) is 2.76. The van der Waals surface area contributed by atoms with Gasteiger partial charge in [-0.05, 0) is 18.3 Å². The number of hydrogen-bond donors (Lipinski definition) is 1. The van der Waals surface area contributed by atoms with Crippen molar-refractivity contribution in [2.75, 3.05) is 6.54 Å². The zero-order valence-corrected chi connectivity index (χ0v) is 10.7. The first-order valence-electron chi connectivity index (χ1n) is 5.93. The van der Waals surface area contributed by atoms with Crippen LogP contribution in [0.1, 0.15) is 47.5 Å². The second-order valence-corrected chi connectivity index (χ2v) is 4.64. The molecule has 0 aliphatic carbocycles. The summed E-state index contributed by atoms with van der Waals surface area (Å²) in [7, 11) is 0. The Morgan fingerprint density at radius 2 is 1.73 bits per heavy atom. The van der Waals surface area contributed by atoms with E-state index in [1.54, 1.807) is 0 Å². The molecule has 0 aromatic rings. The smallest absolute Gasteiger partial charge is 0.407 e. The summed E-state index contributed by atoms with van der Waals surface area (Å²) >= 11 is 0. The van der Waals surface area contributed by atoms with Crippen LogP contribution in [0.3, 0.4) is 0 Å². The summed E-state index contributed by atoms with van der Waals surface area (Å²) in [5.41, 5.74) is 0. The number of unbranched alkanes of at least 4 members (excludes halogenated alkanes) is 1. The van der Waals surface area contributed by atoms with E-state index in [2.05, 4.69) is 39.9 Å². The molecule has 90 valence electrons. The summed E-state index contributed by atoms with van der Waals surface area (Å²) in [6, 6.07) is 0. The normalized spacial score (nSPS) is 11.2. The van der Waals surface area contributed by atoms with Crippen molar-refractivity contribution in [3.05, 3.63) is 0 Å². The zero-order valence-electron chi connectivity index (χ0n) is 10.7. The minimum absolute atomic E-state index is 0.00614. The topological polar surface area (TPSA) is 38.3 Å². The molecular formula is C12H25NO2. The van der Waals surface area contributed by atoms with Gasteiger partial charge in [0.2, 0.25) is 0 Å². The molecule has 1 amide bonds. The standard InChI is InChI=1S/C12H25NO2/c1-6-7-8-13-12(14)15-11(9(2)3)10(4)5/h9-11H,6-8H2,1-5H3,(H,13,14). The lowest BCUT2D eigenvalue weighted by atomic mass is 9.96. The average molecular weight is 215 g/mol. The molecule has 0 atom stereocenters. The summed E-state index contributed by atoms with van der Waals surface area (Å²) in [5.74, 6) is 0.726. The lowest BCUT2D eigenvalue weighted by Crippen LogP contribution is -2.34. The van der Waals surface area contributed by atoms with Gasteiger partial charge in [-0.25, -0.2) is 4.79 Å². The molecule has 0 saturated carbocycles. The van der Waals surface area contributed by atoms with Gasteiger partial charge >= 0.3 is 6.09 Å². The minimum Gasteiger partial charge on any atom is -0.446 e. The highest BCUT2D eigenvalue weighted by Crippen LogP contribution is 2.16. The van der Waals surface area contributed by atoms with Crippen LogP contribution in [0.15, 0.2) is 0 Å². The van der Waals surface area contributed by atoms with E-state index in [0.29, 0.717) is 18.4 Å². The monoisotopic (exact) mass is 215 g/mol. The largest absolute Gasteiger partial charge is 0.446 e. The molecule has 0 aromatic heterocycles. The summed E-state index contributed by atoms with van der Waals surface area (Å²) in [6.45, 7) is 11.1. The van der Waals surface area contributed by atoms with E-state index in [9.17, 15) is 4.79 Å². The molecule has 0 heterocycles. The Hall–Kier alpha value is -0.730. The van der Waals surface area contributed by atoms with Gasteiger partial charge in [-0.1, -0.05) is 41.0 Å². The fraction of sp³-hybridized carbons (Fsp3) is 0.917. The molecule has 0 aliphatic rings. The van der Waals surface area contributed by atoms with Gasteiger partial charge in [0.25, 0.3) is 0 Å². The SMILES string of the molecule is CCCCNC(=O)OC(C(C)C)C(C)C. The van der Waals surface area contributed by atoms with Crippen LogP contribution in [-0.4, -0.2) is 18.7 Å². The second-order valence-electron chi connectivity index (χ2n) is 4.64. The number of rotatable bonds is 6. The molecule has 3 heteroatoms. The molecule has 0 radical (unpaired) electrons. The highest BCUT2D eigenvalue weighted by atomic mass is 16.6. The van der Waals surface area contributed by atoms with Gasteiger partial charge in [-0.15, -0.1) is 0 Å². The van der Waals surface area contributed by atoms with E-state index in [1.165, 1.54) is 0 Å². The molecule has 0 fully saturated rings. The first kappa shape index (κ1) is 14.3. The number of amides is 1. The number of ether oxygens (including phenoxy) is 1. The molecule has 0 unspecified atom stereocenters. The van der Waals surface area contributed by atoms with E-state index in [1.807, 2.05) is 0 Å². The van der Waals surface area contributed by atoms with Crippen LogP contribution in [0.5, 0.6) is 0 Å². The van der Waals surface area contributed by atoms with Gasteiger partial charge in [0, 0.05) is 6.54 Å². The fourth-order valence-electron chi connectivity index (χ4n) is 1.57. The molecule has 0 bridgehead atoms. The van der Waals surface area contributed by atoms with E-state index in [-0.39, 0.29) is 12.2 Å². The Morgan fingerprint density at radius 1 is 1.20 bits per heavy atom. The fourth-order valence-corrected chi connectivity index (χ4v) is 1.57.